The molecule has 1 fully saturated rings. The van der Waals surface area contributed by atoms with Crippen LogP contribution < -0.4 is 16.0 Å². The first kappa shape index (κ1) is 23.9. The Hall–Kier alpha value is -4.20. The molecule has 8 nitrogen and oxygen atoms in total. The number of amides is 4. The molecule has 35 heavy (non-hydrogen) atoms. The first-order chi connectivity index (χ1) is 16.9. The van der Waals surface area contributed by atoms with Gasteiger partial charge in [-0.05, 0) is 48.2 Å². The van der Waals surface area contributed by atoms with E-state index >= 15 is 0 Å². The zero-order chi connectivity index (χ0) is 24.9. The molecular weight excluding hydrogens is 442 g/mol. The highest BCUT2D eigenvalue weighted by Crippen LogP contribution is 2.33. The molecule has 1 saturated heterocycles. The first-order valence-electron chi connectivity index (χ1n) is 11.6. The fraction of sp³-hybridized carbons (Fsp3) is 0.259. The summed E-state index contributed by atoms with van der Waals surface area (Å²) in [6.45, 7) is 1.96. The van der Waals surface area contributed by atoms with E-state index in [-0.39, 0.29) is 24.3 Å². The largest absolute Gasteiger partial charge is 0.384 e. The van der Waals surface area contributed by atoms with E-state index < -0.39 is 18.0 Å². The highest BCUT2D eigenvalue weighted by Gasteiger charge is 2.55. The van der Waals surface area contributed by atoms with Crippen molar-refractivity contribution in [2.24, 2.45) is 5.92 Å². The number of hydrogen-bond donors (Lipinski definition) is 2. The number of likely N-dealkylation sites (tertiary alicyclic amines) is 1. The van der Waals surface area contributed by atoms with E-state index in [1.165, 1.54) is 4.90 Å². The number of nitrogens with zero attached hydrogens (tertiary/aromatic N) is 3. The molecule has 2 heterocycles. The smallest absolute Gasteiger partial charge is 0.325 e. The molecule has 0 radical (unpaired) electrons. The molecule has 3 atom stereocenters. The number of carbonyl (C=O) groups excluding carboxylic acids is 3. The summed E-state index contributed by atoms with van der Waals surface area (Å²) in [6, 6.07) is 20.4. The Kier molecular flexibility index (Phi) is 7.10. The Labute approximate surface area is 204 Å². The fourth-order valence-corrected chi connectivity index (χ4v) is 4.43. The maximum atomic E-state index is 13.6. The summed E-state index contributed by atoms with van der Waals surface area (Å²) < 4.78 is 0. The van der Waals surface area contributed by atoms with Crippen LogP contribution >= 0.6 is 0 Å². The Morgan fingerprint density at radius 3 is 2.37 bits per heavy atom. The zero-order valence-corrected chi connectivity index (χ0v) is 19.8. The topological polar surface area (TPSA) is 109 Å². The molecule has 4 amide bonds. The SMILES string of the molecule is CCC(NC(=O)N1C(=O)[C@H](Cc2ccnc(N)c2)C1C(=O)N(C)c1ccccc1)c1ccccc1. The van der Waals surface area contributed by atoms with Crippen LogP contribution in [0, 0.1) is 5.92 Å². The van der Waals surface area contributed by atoms with Crippen molar-refractivity contribution in [3.05, 3.63) is 90.1 Å². The molecule has 1 aromatic heterocycles. The molecule has 8 heteroatoms. The molecule has 1 aliphatic heterocycles. The number of imide groups is 1. The highest BCUT2D eigenvalue weighted by molar-refractivity contribution is 6.12. The standard InChI is InChI=1S/C27H29N5O3/c1-3-22(19-10-6-4-7-11-19)30-27(35)32-24(26(34)31(2)20-12-8-5-9-13-20)21(25(32)33)16-18-14-15-29-23(28)17-18/h4-15,17,21-22,24H,3,16H2,1-2H3,(H2,28,29)(H,30,35)/t21-,22?,24?/m1/s1. The molecule has 0 saturated carbocycles. The molecule has 0 bridgehead atoms. The van der Waals surface area contributed by atoms with Gasteiger partial charge in [0.15, 0.2) is 0 Å². The van der Waals surface area contributed by atoms with Crippen LogP contribution in [-0.4, -0.2) is 40.8 Å². The molecule has 0 aliphatic carbocycles. The van der Waals surface area contributed by atoms with Crippen molar-refractivity contribution in [2.45, 2.75) is 31.8 Å². The number of benzene rings is 2. The van der Waals surface area contributed by atoms with Gasteiger partial charge in [-0.1, -0.05) is 55.5 Å². The van der Waals surface area contributed by atoms with Crippen LogP contribution in [0.5, 0.6) is 0 Å². The molecule has 3 N–H and O–H groups in total. The van der Waals surface area contributed by atoms with Crippen LogP contribution in [0.1, 0.15) is 30.5 Å². The van der Waals surface area contributed by atoms with Crippen molar-refractivity contribution in [1.82, 2.24) is 15.2 Å². The number of nitrogen functional groups attached to an aromatic ring is 1. The number of anilines is 2. The number of rotatable bonds is 7. The molecule has 3 aromatic rings. The minimum Gasteiger partial charge on any atom is -0.384 e. The number of β-lactam (4-membered cyclic amide) rings is 1. The minimum absolute atomic E-state index is 0.279. The molecule has 1 aliphatic rings. The van der Waals surface area contributed by atoms with E-state index in [0.29, 0.717) is 17.9 Å². The van der Waals surface area contributed by atoms with E-state index in [9.17, 15) is 14.4 Å². The van der Waals surface area contributed by atoms with Gasteiger partial charge in [0, 0.05) is 18.9 Å². The Morgan fingerprint density at radius 2 is 1.74 bits per heavy atom. The summed E-state index contributed by atoms with van der Waals surface area (Å²) >= 11 is 0. The summed E-state index contributed by atoms with van der Waals surface area (Å²) in [5.41, 5.74) is 8.20. The zero-order valence-electron chi connectivity index (χ0n) is 19.8. The van der Waals surface area contributed by atoms with Crippen molar-refractivity contribution < 1.29 is 14.4 Å². The lowest BCUT2D eigenvalue weighted by molar-refractivity contribution is -0.156. The van der Waals surface area contributed by atoms with Gasteiger partial charge in [-0.2, -0.15) is 0 Å². The van der Waals surface area contributed by atoms with Crippen LogP contribution in [0.4, 0.5) is 16.3 Å². The third-order valence-electron chi connectivity index (χ3n) is 6.37. The van der Waals surface area contributed by atoms with Gasteiger partial charge in [-0.25, -0.2) is 9.78 Å². The lowest BCUT2D eigenvalue weighted by Crippen LogP contribution is -2.70. The number of para-hydroxylation sites is 1. The van der Waals surface area contributed by atoms with Gasteiger partial charge in [0.2, 0.25) is 5.91 Å². The fourth-order valence-electron chi connectivity index (χ4n) is 4.43. The Morgan fingerprint density at radius 1 is 1.09 bits per heavy atom. The van der Waals surface area contributed by atoms with Gasteiger partial charge in [-0.15, -0.1) is 0 Å². The number of urea groups is 1. The number of pyridine rings is 1. The van der Waals surface area contributed by atoms with Gasteiger partial charge >= 0.3 is 6.03 Å². The summed E-state index contributed by atoms with van der Waals surface area (Å²) in [4.78, 5) is 46.6. The maximum absolute atomic E-state index is 13.6. The third kappa shape index (κ3) is 5.01. The lowest BCUT2D eigenvalue weighted by atomic mass is 9.81. The number of likely N-dealkylation sites (N-methyl/N-ethyl adjacent to an activating group) is 1. The van der Waals surface area contributed by atoms with Crippen LogP contribution in [0.15, 0.2) is 79.0 Å². The van der Waals surface area contributed by atoms with Crippen LogP contribution in [0.2, 0.25) is 0 Å². The number of hydrogen-bond acceptors (Lipinski definition) is 5. The maximum Gasteiger partial charge on any atom is 0.325 e. The highest BCUT2D eigenvalue weighted by atomic mass is 16.2. The predicted molar refractivity (Wildman–Crippen MR) is 134 cm³/mol. The van der Waals surface area contributed by atoms with Crippen molar-refractivity contribution in [3.8, 4) is 0 Å². The normalized spacial score (nSPS) is 17.9. The first-order valence-corrected chi connectivity index (χ1v) is 11.6. The Bertz CT molecular complexity index is 1200. The van der Waals surface area contributed by atoms with Crippen molar-refractivity contribution in [2.75, 3.05) is 17.7 Å². The van der Waals surface area contributed by atoms with E-state index in [1.54, 1.807) is 25.4 Å². The van der Waals surface area contributed by atoms with Gasteiger partial charge in [0.05, 0.1) is 12.0 Å². The number of nitrogens with two attached hydrogens (primary N) is 1. The third-order valence-corrected chi connectivity index (χ3v) is 6.37. The van der Waals surface area contributed by atoms with Crippen molar-refractivity contribution >= 4 is 29.4 Å². The Balaban J connectivity index is 1.59. The van der Waals surface area contributed by atoms with E-state index in [2.05, 4.69) is 10.3 Å². The minimum atomic E-state index is -0.935. The van der Waals surface area contributed by atoms with Crippen molar-refractivity contribution in [1.29, 1.82) is 0 Å². The molecular formula is C27H29N5O3. The second-order valence-electron chi connectivity index (χ2n) is 8.61. The van der Waals surface area contributed by atoms with Gasteiger partial charge in [-0.3, -0.25) is 14.5 Å². The van der Waals surface area contributed by atoms with Gasteiger partial charge in [0.25, 0.3) is 5.91 Å². The molecule has 0 spiro atoms. The quantitative estimate of drug-likeness (QED) is 0.512. The summed E-state index contributed by atoms with van der Waals surface area (Å²) in [6.07, 6.45) is 2.49. The van der Waals surface area contributed by atoms with Gasteiger partial charge < -0.3 is 16.0 Å². The molecule has 2 aromatic carbocycles. The van der Waals surface area contributed by atoms with E-state index in [4.69, 9.17) is 5.73 Å². The molecule has 2 unspecified atom stereocenters. The van der Waals surface area contributed by atoms with Crippen LogP contribution in [0.25, 0.3) is 0 Å². The van der Waals surface area contributed by atoms with Crippen LogP contribution in [-0.2, 0) is 16.0 Å². The van der Waals surface area contributed by atoms with Crippen molar-refractivity contribution in [3.63, 3.8) is 0 Å². The number of aromatic nitrogens is 1. The predicted octanol–water partition coefficient (Wildman–Crippen LogP) is 3.56. The summed E-state index contributed by atoms with van der Waals surface area (Å²) in [5.74, 6) is -1.06. The van der Waals surface area contributed by atoms with E-state index in [1.807, 2.05) is 67.6 Å². The molecule has 4 rings (SSSR count). The van der Waals surface area contributed by atoms with Gasteiger partial charge in [0.1, 0.15) is 11.9 Å². The van der Waals surface area contributed by atoms with E-state index in [0.717, 1.165) is 16.0 Å². The summed E-state index contributed by atoms with van der Waals surface area (Å²) in [5, 5.41) is 2.94. The average Bonchev–Trinajstić information content (AvgIpc) is 2.89. The lowest BCUT2D eigenvalue weighted by Gasteiger charge is -2.46. The molecule has 180 valence electrons. The van der Waals surface area contributed by atoms with Crippen LogP contribution in [0.3, 0.4) is 0 Å². The number of carbonyl (C=O) groups is 3. The second-order valence-corrected chi connectivity index (χ2v) is 8.61. The number of nitrogens with one attached hydrogen (secondary N) is 1. The summed E-state index contributed by atoms with van der Waals surface area (Å²) in [7, 11) is 1.65. The average molecular weight is 472 g/mol. The monoisotopic (exact) mass is 471 g/mol. The second kappa shape index (κ2) is 10.4.